The molecule has 2 amide bonds. The quantitative estimate of drug-likeness (QED) is 0.564. The lowest BCUT2D eigenvalue weighted by Crippen LogP contribution is -2.51. The van der Waals surface area contributed by atoms with Gasteiger partial charge in [0, 0.05) is 49.0 Å². The molecule has 0 bridgehead atoms. The van der Waals surface area contributed by atoms with Crippen molar-refractivity contribution < 1.29 is 19.1 Å². The van der Waals surface area contributed by atoms with Crippen LogP contribution in [0.4, 0.5) is 4.79 Å². The molecule has 3 aliphatic rings. The van der Waals surface area contributed by atoms with E-state index in [9.17, 15) is 9.59 Å². The van der Waals surface area contributed by atoms with Crippen molar-refractivity contribution in [3.63, 3.8) is 0 Å². The largest absolute Gasteiger partial charge is 0.453 e. The fraction of sp³-hybridized carbons (Fsp3) is 0.615. The summed E-state index contributed by atoms with van der Waals surface area (Å²) in [6.45, 7) is 5.41. The molecule has 8 heteroatoms. The van der Waals surface area contributed by atoms with Crippen LogP contribution in [0.3, 0.4) is 0 Å². The van der Waals surface area contributed by atoms with Crippen LogP contribution in [0.5, 0.6) is 0 Å². The van der Waals surface area contributed by atoms with Gasteiger partial charge in [-0.25, -0.2) is 4.79 Å². The Hall–Kier alpha value is -2.58. The van der Waals surface area contributed by atoms with Crippen molar-refractivity contribution in [3.8, 4) is 0 Å². The maximum Gasteiger partial charge on any atom is 0.406 e. The van der Waals surface area contributed by atoms with Crippen LogP contribution in [0.1, 0.15) is 57.1 Å². The van der Waals surface area contributed by atoms with E-state index >= 15 is 0 Å². The lowest BCUT2D eigenvalue weighted by molar-refractivity contribution is -0.148. The standard InChI is InChI=1S/C26H38N4O4/c1-19(30(20-11-12-20)25(31)24-17-27-14-16-34-24)22-18-29(15-8-13-28-26(32)33-2)23-10-7-5-3-4-6-9-21(22)23/h4,6,9-10,18-20,24,27H,3,5,7-8,11-17H2,1-2H3,(H,28,32)/b6-4+,21-9-,23-10+/t19?,24-/m1/s1. The number of carbonyl (C=O) groups excluding carboxylic acids is 2. The van der Waals surface area contributed by atoms with Gasteiger partial charge >= 0.3 is 6.09 Å². The van der Waals surface area contributed by atoms with Crippen molar-refractivity contribution in [2.24, 2.45) is 0 Å². The van der Waals surface area contributed by atoms with Gasteiger partial charge in [-0.15, -0.1) is 0 Å². The molecule has 0 spiro atoms. The van der Waals surface area contributed by atoms with Crippen LogP contribution in [0.2, 0.25) is 0 Å². The summed E-state index contributed by atoms with van der Waals surface area (Å²) in [7, 11) is 1.38. The number of nitrogens with one attached hydrogen (secondary N) is 2. The summed E-state index contributed by atoms with van der Waals surface area (Å²) < 4.78 is 12.8. The first-order chi connectivity index (χ1) is 16.6. The summed E-state index contributed by atoms with van der Waals surface area (Å²) in [5, 5.41) is 8.44. The minimum atomic E-state index is -0.413. The summed E-state index contributed by atoms with van der Waals surface area (Å²) in [5.41, 5.74) is 1.17. The number of aryl methyl sites for hydroxylation is 1. The van der Waals surface area contributed by atoms with Crippen molar-refractivity contribution in [1.29, 1.82) is 0 Å². The lowest BCUT2D eigenvalue weighted by atomic mass is 10.1. The van der Waals surface area contributed by atoms with Crippen LogP contribution >= 0.6 is 0 Å². The molecule has 186 valence electrons. The average Bonchev–Trinajstić information content (AvgIpc) is 3.61. The predicted octanol–water partition coefficient (Wildman–Crippen LogP) is 1.58. The predicted molar refractivity (Wildman–Crippen MR) is 132 cm³/mol. The molecule has 0 aromatic carbocycles. The van der Waals surface area contributed by atoms with Crippen LogP contribution in [-0.2, 0) is 20.8 Å². The number of methoxy groups -OCH3 is 1. The molecule has 2 aliphatic carbocycles. The zero-order valence-electron chi connectivity index (χ0n) is 20.4. The highest BCUT2D eigenvalue weighted by Crippen LogP contribution is 2.34. The Morgan fingerprint density at radius 2 is 2.21 bits per heavy atom. The van der Waals surface area contributed by atoms with Crippen LogP contribution in [0.25, 0.3) is 12.2 Å². The molecule has 2 atom stereocenters. The molecule has 1 saturated heterocycles. The number of aromatic nitrogens is 1. The molecule has 1 aromatic rings. The maximum atomic E-state index is 13.5. The van der Waals surface area contributed by atoms with Gasteiger partial charge in [-0.05, 0) is 51.0 Å². The normalized spacial score (nSPS) is 24.0. The van der Waals surface area contributed by atoms with E-state index in [0.717, 1.165) is 51.6 Å². The Morgan fingerprint density at radius 1 is 1.35 bits per heavy atom. The molecular weight excluding hydrogens is 432 g/mol. The van der Waals surface area contributed by atoms with Crippen LogP contribution in [0, 0.1) is 0 Å². The number of fused-ring (bicyclic) bond motifs is 1. The van der Waals surface area contributed by atoms with Crippen LogP contribution in [-0.4, -0.2) is 67.0 Å². The Morgan fingerprint density at radius 3 is 2.94 bits per heavy atom. The smallest absolute Gasteiger partial charge is 0.406 e. The number of ether oxygens (including phenoxy) is 2. The fourth-order valence-corrected chi connectivity index (χ4v) is 4.86. The molecule has 1 aliphatic heterocycles. The van der Waals surface area contributed by atoms with Gasteiger partial charge < -0.3 is 29.6 Å². The Kier molecular flexibility index (Phi) is 8.45. The third-order valence-electron chi connectivity index (χ3n) is 6.80. The summed E-state index contributed by atoms with van der Waals surface area (Å²) >= 11 is 0. The average molecular weight is 471 g/mol. The Labute approximate surface area is 201 Å². The van der Waals surface area contributed by atoms with Crippen molar-refractivity contribution >= 4 is 24.2 Å². The molecule has 0 radical (unpaired) electrons. The third-order valence-corrected chi connectivity index (χ3v) is 6.80. The van der Waals surface area contributed by atoms with Crippen molar-refractivity contribution in [1.82, 2.24) is 20.1 Å². The van der Waals surface area contributed by atoms with E-state index in [-0.39, 0.29) is 18.0 Å². The second-order valence-electron chi connectivity index (χ2n) is 9.29. The molecule has 8 nitrogen and oxygen atoms in total. The third kappa shape index (κ3) is 5.91. The van der Waals surface area contributed by atoms with Gasteiger partial charge in [-0.3, -0.25) is 4.79 Å². The zero-order valence-corrected chi connectivity index (χ0v) is 20.4. The fourth-order valence-electron chi connectivity index (χ4n) is 4.86. The van der Waals surface area contributed by atoms with E-state index in [1.807, 2.05) is 0 Å². The number of rotatable bonds is 8. The van der Waals surface area contributed by atoms with E-state index in [0.29, 0.717) is 19.7 Å². The second-order valence-corrected chi connectivity index (χ2v) is 9.29. The molecule has 2 N–H and O–H groups in total. The summed E-state index contributed by atoms with van der Waals surface area (Å²) in [4.78, 5) is 27.0. The highest BCUT2D eigenvalue weighted by Gasteiger charge is 2.40. The van der Waals surface area contributed by atoms with Crippen LogP contribution in [0.15, 0.2) is 18.3 Å². The molecule has 4 rings (SSSR count). The number of hydrogen-bond acceptors (Lipinski definition) is 5. The van der Waals surface area contributed by atoms with E-state index in [2.05, 4.69) is 62.3 Å². The number of morpholine rings is 1. The second kappa shape index (κ2) is 11.7. The van der Waals surface area contributed by atoms with Crippen molar-refractivity contribution in [2.75, 3.05) is 33.4 Å². The van der Waals surface area contributed by atoms with Gasteiger partial charge in [0.1, 0.15) is 6.10 Å². The molecule has 1 aromatic heterocycles. The number of nitrogens with zero attached hydrogens (tertiary/aromatic N) is 2. The van der Waals surface area contributed by atoms with Gasteiger partial charge in [0.2, 0.25) is 0 Å². The Balaban J connectivity index is 1.63. The Bertz CT molecular complexity index is 1000. The van der Waals surface area contributed by atoms with Crippen molar-refractivity contribution in [3.05, 3.63) is 34.5 Å². The van der Waals surface area contributed by atoms with Crippen molar-refractivity contribution in [2.45, 2.75) is 70.2 Å². The molecular formula is C26H38N4O4. The first kappa shape index (κ1) is 24.5. The number of carbonyl (C=O) groups is 2. The summed E-state index contributed by atoms with van der Waals surface area (Å²) in [6, 6.07) is 0.236. The maximum absolute atomic E-state index is 13.5. The SMILES string of the molecule is COC(=O)NCCCn1cc(C(C)N(C(=O)[C@H]2CNCCO2)C2CC2)c2/c1=C\CCC\C=C\C=2. The van der Waals surface area contributed by atoms with E-state index in [1.165, 1.54) is 23.2 Å². The zero-order chi connectivity index (χ0) is 23.9. The summed E-state index contributed by atoms with van der Waals surface area (Å²) in [5.74, 6) is 0.0913. The molecule has 1 unspecified atom stereocenters. The highest BCUT2D eigenvalue weighted by atomic mass is 16.5. The van der Waals surface area contributed by atoms with E-state index in [4.69, 9.17) is 4.74 Å². The van der Waals surface area contributed by atoms with Gasteiger partial charge in [-0.1, -0.05) is 24.3 Å². The minimum Gasteiger partial charge on any atom is -0.453 e. The molecule has 2 heterocycles. The topological polar surface area (TPSA) is 84.8 Å². The number of amides is 2. The highest BCUT2D eigenvalue weighted by molar-refractivity contribution is 5.82. The lowest BCUT2D eigenvalue weighted by Gasteiger charge is -2.34. The van der Waals surface area contributed by atoms with E-state index < -0.39 is 12.2 Å². The van der Waals surface area contributed by atoms with Gasteiger partial charge in [0.05, 0.1) is 19.8 Å². The monoisotopic (exact) mass is 470 g/mol. The minimum absolute atomic E-state index is 0.0486. The van der Waals surface area contributed by atoms with E-state index in [1.54, 1.807) is 0 Å². The molecule has 1 saturated carbocycles. The van der Waals surface area contributed by atoms with Gasteiger partial charge in [-0.2, -0.15) is 0 Å². The van der Waals surface area contributed by atoms with Crippen LogP contribution < -0.4 is 21.2 Å². The molecule has 2 fully saturated rings. The first-order valence-electron chi connectivity index (χ1n) is 12.6. The molecule has 34 heavy (non-hydrogen) atoms. The van der Waals surface area contributed by atoms with Gasteiger partial charge in [0.25, 0.3) is 5.91 Å². The summed E-state index contributed by atoms with van der Waals surface area (Å²) in [6.07, 6.45) is 16.3. The number of allylic oxidation sites excluding steroid dienone is 2. The first-order valence-corrected chi connectivity index (χ1v) is 12.6. The number of hydrogen-bond donors (Lipinski definition) is 2. The number of alkyl carbamates (subject to hydrolysis) is 1. The van der Waals surface area contributed by atoms with Gasteiger partial charge in [0.15, 0.2) is 0 Å².